The largest absolute Gasteiger partial charge is 0.457 e. The SMILES string of the molecule is COCCN1CCC[C@@H]1Cc1c[nH]c2ccc(Oc3ccncc3)cc12. The monoisotopic (exact) mass is 351 g/mol. The Balaban J connectivity index is 1.53. The summed E-state index contributed by atoms with van der Waals surface area (Å²) in [5, 5.41) is 1.25. The van der Waals surface area contributed by atoms with Crippen LogP contribution in [0.3, 0.4) is 0 Å². The van der Waals surface area contributed by atoms with Gasteiger partial charge in [-0.2, -0.15) is 0 Å². The number of hydrogen-bond donors (Lipinski definition) is 1. The standard InChI is InChI=1S/C21H25N3O2/c1-25-12-11-24-10-2-3-17(24)13-16-15-23-21-5-4-19(14-20(16)21)26-18-6-8-22-9-7-18/h4-9,14-15,17,23H,2-3,10-13H2,1H3/t17-/m1/s1. The van der Waals surface area contributed by atoms with Gasteiger partial charge in [0.25, 0.3) is 0 Å². The Bertz CT molecular complexity index is 847. The van der Waals surface area contributed by atoms with Crippen molar-refractivity contribution in [3.05, 3.63) is 54.5 Å². The lowest BCUT2D eigenvalue weighted by Gasteiger charge is -2.23. The van der Waals surface area contributed by atoms with Crippen molar-refractivity contribution in [2.24, 2.45) is 0 Å². The second-order valence-corrected chi connectivity index (χ2v) is 6.84. The van der Waals surface area contributed by atoms with Crippen LogP contribution in [0.2, 0.25) is 0 Å². The Morgan fingerprint density at radius 2 is 2.08 bits per heavy atom. The molecule has 1 saturated heterocycles. The predicted octanol–water partition coefficient (Wildman–Crippen LogP) is 4.01. The van der Waals surface area contributed by atoms with Crippen molar-refractivity contribution < 1.29 is 9.47 Å². The third kappa shape index (κ3) is 3.74. The molecule has 1 aliphatic heterocycles. The van der Waals surface area contributed by atoms with E-state index < -0.39 is 0 Å². The Hall–Kier alpha value is -2.37. The molecule has 136 valence electrons. The van der Waals surface area contributed by atoms with Crippen molar-refractivity contribution in [2.45, 2.75) is 25.3 Å². The quantitative estimate of drug-likeness (QED) is 0.699. The van der Waals surface area contributed by atoms with E-state index in [0.717, 1.165) is 36.6 Å². The molecule has 0 saturated carbocycles. The molecule has 1 aromatic carbocycles. The third-order valence-corrected chi connectivity index (χ3v) is 5.16. The first-order chi connectivity index (χ1) is 12.8. The van der Waals surface area contributed by atoms with Crippen LogP contribution in [0.5, 0.6) is 11.5 Å². The number of benzene rings is 1. The minimum atomic E-state index is 0.592. The average molecular weight is 351 g/mol. The van der Waals surface area contributed by atoms with Crippen molar-refractivity contribution >= 4 is 10.9 Å². The summed E-state index contributed by atoms with van der Waals surface area (Å²) in [5.41, 5.74) is 2.51. The number of pyridine rings is 1. The van der Waals surface area contributed by atoms with Crippen LogP contribution >= 0.6 is 0 Å². The van der Waals surface area contributed by atoms with Gasteiger partial charge in [-0.25, -0.2) is 0 Å². The lowest BCUT2D eigenvalue weighted by molar-refractivity contribution is 0.141. The van der Waals surface area contributed by atoms with E-state index in [1.807, 2.05) is 18.2 Å². The van der Waals surface area contributed by atoms with E-state index in [1.54, 1.807) is 19.5 Å². The molecular weight excluding hydrogens is 326 g/mol. The van der Waals surface area contributed by atoms with Crippen molar-refractivity contribution in [3.8, 4) is 11.5 Å². The van der Waals surface area contributed by atoms with Gasteiger partial charge in [0.2, 0.25) is 0 Å². The van der Waals surface area contributed by atoms with E-state index in [2.05, 4.69) is 33.2 Å². The number of ether oxygens (including phenoxy) is 2. The first-order valence-electron chi connectivity index (χ1n) is 9.24. The van der Waals surface area contributed by atoms with Gasteiger partial charge < -0.3 is 14.5 Å². The van der Waals surface area contributed by atoms with Crippen molar-refractivity contribution in [3.63, 3.8) is 0 Å². The summed E-state index contributed by atoms with van der Waals surface area (Å²) in [6.07, 6.45) is 9.21. The highest BCUT2D eigenvalue weighted by molar-refractivity contribution is 5.84. The van der Waals surface area contributed by atoms with Gasteiger partial charge >= 0.3 is 0 Å². The first kappa shape index (κ1) is 17.1. The molecule has 3 heterocycles. The molecule has 0 aliphatic carbocycles. The second-order valence-electron chi connectivity index (χ2n) is 6.84. The maximum absolute atomic E-state index is 5.97. The van der Waals surface area contributed by atoms with Crippen molar-refractivity contribution in [1.82, 2.24) is 14.9 Å². The van der Waals surface area contributed by atoms with E-state index >= 15 is 0 Å². The number of hydrogen-bond acceptors (Lipinski definition) is 4. The van der Waals surface area contributed by atoms with E-state index in [1.165, 1.54) is 30.3 Å². The van der Waals surface area contributed by atoms with Gasteiger partial charge in [0.05, 0.1) is 6.61 Å². The van der Waals surface area contributed by atoms with Crippen LogP contribution in [-0.2, 0) is 11.2 Å². The molecule has 1 aliphatic rings. The van der Waals surface area contributed by atoms with Crippen molar-refractivity contribution in [2.75, 3.05) is 26.8 Å². The van der Waals surface area contributed by atoms with Gasteiger partial charge in [0, 0.05) is 49.2 Å². The third-order valence-electron chi connectivity index (χ3n) is 5.16. The number of aromatic nitrogens is 2. The molecule has 26 heavy (non-hydrogen) atoms. The number of methoxy groups -OCH3 is 1. The summed E-state index contributed by atoms with van der Waals surface area (Å²) >= 11 is 0. The molecule has 0 unspecified atom stereocenters. The maximum atomic E-state index is 5.97. The predicted molar refractivity (Wildman–Crippen MR) is 103 cm³/mol. The fourth-order valence-electron chi connectivity index (χ4n) is 3.82. The normalized spacial score (nSPS) is 17.8. The topological polar surface area (TPSA) is 50.4 Å². The number of fused-ring (bicyclic) bond motifs is 1. The van der Waals surface area contributed by atoms with Crippen LogP contribution in [0.4, 0.5) is 0 Å². The lowest BCUT2D eigenvalue weighted by atomic mass is 10.0. The Morgan fingerprint density at radius 3 is 2.92 bits per heavy atom. The Labute approximate surface area is 153 Å². The minimum absolute atomic E-state index is 0.592. The zero-order chi connectivity index (χ0) is 17.8. The number of likely N-dealkylation sites (tertiary alicyclic amines) is 1. The minimum Gasteiger partial charge on any atom is -0.457 e. The highest BCUT2D eigenvalue weighted by atomic mass is 16.5. The van der Waals surface area contributed by atoms with Gasteiger partial charge in [0.1, 0.15) is 11.5 Å². The number of nitrogens with one attached hydrogen (secondary N) is 1. The van der Waals surface area contributed by atoms with Crippen molar-refractivity contribution in [1.29, 1.82) is 0 Å². The summed E-state index contributed by atoms with van der Waals surface area (Å²) < 4.78 is 11.2. The van der Waals surface area contributed by atoms with Crippen LogP contribution in [0.15, 0.2) is 48.9 Å². The summed E-state index contributed by atoms with van der Waals surface area (Å²) in [4.78, 5) is 9.99. The molecule has 4 rings (SSSR count). The molecule has 1 N–H and O–H groups in total. The van der Waals surface area contributed by atoms with E-state index in [9.17, 15) is 0 Å². The zero-order valence-electron chi connectivity index (χ0n) is 15.1. The van der Waals surface area contributed by atoms with Crippen LogP contribution in [-0.4, -0.2) is 47.7 Å². The van der Waals surface area contributed by atoms with E-state index in [4.69, 9.17) is 9.47 Å². The molecule has 0 radical (unpaired) electrons. The number of H-pyrrole nitrogens is 1. The van der Waals surface area contributed by atoms with E-state index in [0.29, 0.717) is 6.04 Å². The molecule has 5 nitrogen and oxygen atoms in total. The van der Waals surface area contributed by atoms with Crippen LogP contribution < -0.4 is 4.74 Å². The van der Waals surface area contributed by atoms with Gasteiger partial charge in [-0.05, 0) is 61.7 Å². The molecule has 5 heteroatoms. The molecule has 0 bridgehead atoms. The van der Waals surface area contributed by atoms with Crippen LogP contribution in [0.25, 0.3) is 10.9 Å². The summed E-state index contributed by atoms with van der Waals surface area (Å²) in [6.45, 7) is 2.99. The molecule has 1 atom stereocenters. The summed E-state index contributed by atoms with van der Waals surface area (Å²) in [6, 6.07) is 10.6. The smallest absolute Gasteiger partial charge is 0.130 e. The van der Waals surface area contributed by atoms with Gasteiger partial charge in [0.15, 0.2) is 0 Å². The molecule has 0 amide bonds. The van der Waals surface area contributed by atoms with Gasteiger partial charge in [-0.15, -0.1) is 0 Å². The molecular formula is C21H25N3O2. The maximum Gasteiger partial charge on any atom is 0.130 e. The fraction of sp³-hybridized carbons (Fsp3) is 0.381. The van der Waals surface area contributed by atoms with Gasteiger partial charge in [-0.1, -0.05) is 0 Å². The zero-order valence-corrected chi connectivity index (χ0v) is 15.1. The average Bonchev–Trinajstić information content (AvgIpc) is 3.28. The first-order valence-corrected chi connectivity index (χ1v) is 9.24. The molecule has 2 aromatic heterocycles. The highest BCUT2D eigenvalue weighted by Gasteiger charge is 2.25. The second kappa shape index (κ2) is 7.89. The molecule has 0 spiro atoms. The number of aromatic amines is 1. The highest BCUT2D eigenvalue weighted by Crippen LogP contribution is 2.29. The fourth-order valence-corrected chi connectivity index (χ4v) is 3.82. The Morgan fingerprint density at radius 1 is 1.19 bits per heavy atom. The Kier molecular flexibility index (Phi) is 5.18. The van der Waals surface area contributed by atoms with Gasteiger partial charge in [-0.3, -0.25) is 9.88 Å². The molecule has 3 aromatic rings. The summed E-state index contributed by atoms with van der Waals surface area (Å²) in [7, 11) is 1.77. The molecule has 1 fully saturated rings. The number of rotatable bonds is 7. The summed E-state index contributed by atoms with van der Waals surface area (Å²) in [5.74, 6) is 1.66. The van der Waals surface area contributed by atoms with E-state index in [-0.39, 0.29) is 0 Å². The number of nitrogens with zero attached hydrogens (tertiary/aromatic N) is 2. The van der Waals surface area contributed by atoms with Crippen LogP contribution in [0, 0.1) is 0 Å². The lowest BCUT2D eigenvalue weighted by Crippen LogP contribution is -2.33. The van der Waals surface area contributed by atoms with Crippen LogP contribution in [0.1, 0.15) is 18.4 Å².